The second-order valence-corrected chi connectivity index (χ2v) is 4.35. The number of ether oxygens (including phenoxy) is 1. The lowest BCUT2D eigenvalue weighted by Gasteiger charge is -2.32. The summed E-state index contributed by atoms with van der Waals surface area (Å²) in [5.74, 6) is 0. The fourth-order valence-electron chi connectivity index (χ4n) is 1.90. The van der Waals surface area contributed by atoms with E-state index in [2.05, 4.69) is 6.92 Å². The van der Waals surface area contributed by atoms with Crippen molar-refractivity contribution < 1.29 is 9.84 Å². The lowest BCUT2D eigenvalue weighted by Crippen LogP contribution is -2.44. The fourth-order valence-corrected chi connectivity index (χ4v) is 1.90. The highest BCUT2D eigenvalue weighted by atomic mass is 16.5. The van der Waals surface area contributed by atoms with Gasteiger partial charge in [0, 0.05) is 0 Å². The van der Waals surface area contributed by atoms with Gasteiger partial charge >= 0.3 is 0 Å². The van der Waals surface area contributed by atoms with Gasteiger partial charge < -0.3 is 9.84 Å². The molecular formula is C12H24O2. The molecule has 84 valence electrons. The fraction of sp³-hybridized carbons (Fsp3) is 1.00. The van der Waals surface area contributed by atoms with Crippen LogP contribution in [-0.4, -0.2) is 23.9 Å². The molecule has 0 saturated carbocycles. The zero-order valence-electron chi connectivity index (χ0n) is 9.37. The summed E-state index contributed by atoms with van der Waals surface area (Å²) in [6.07, 6.45) is 10.4. The molecule has 2 atom stereocenters. The Hall–Kier alpha value is -0.0800. The standard InChI is InChI=1S/C12H24O2/c1-2-3-4-5-6-7-8-9-12-11(13)10-14-12/h11-13H,2-10H2,1H3. The van der Waals surface area contributed by atoms with E-state index in [0.29, 0.717) is 6.61 Å². The van der Waals surface area contributed by atoms with Crippen LogP contribution in [0.4, 0.5) is 0 Å². The van der Waals surface area contributed by atoms with Gasteiger partial charge in [0.25, 0.3) is 0 Å². The van der Waals surface area contributed by atoms with Crippen molar-refractivity contribution in [1.29, 1.82) is 0 Å². The van der Waals surface area contributed by atoms with Gasteiger partial charge in [0.2, 0.25) is 0 Å². The molecule has 2 heteroatoms. The van der Waals surface area contributed by atoms with Crippen molar-refractivity contribution in [1.82, 2.24) is 0 Å². The number of unbranched alkanes of at least 4 members (excludes halogenated alkanes) is 6. The third kappa shape index (κ3) is 4.43. The Morgan fingerprint density at radius 1 is 1.07 bits per heavy atom. The maximum atomic E-state index is 9.26. The molecule has 1 fully saturated rings. The van der Waals surface area contributed by atoms with Gasteiger partial charge in [0.05, 0.1) is 12.7 Å². The Morgan fingerprint density at radius 2 is 1.71 bits per heavy atom. The second-order valence-electron chi connectivity index (χ2n) is 4.35. The number of hydrogen-bond donors (Lipinski definition) is 1. The Bertz CT molecular complexity index is 136. The average Bonchev–Trinajstić information content (AvgIpc) is 2.20. The van der Waals surface area contributed by atoms with Crippen molar-refractivity contribution >= 4 is 0 Å². The minimum atomic E-state index is -0.171. The molecule has 1 saturated heterocycles. The molecule has 0 spiro atoms. The molecule has 0 bridgehead atoms. The summed E-state index contributed by atoms with van der Waals surface area (Å²) in [6.45, 7) is 2.80. The SMILES string of the molecule is CCCCCCCCCC1OCC1O. The normalized spacial score (nSPS) is 26.1. The molecule has 0 aromatic carbocycles. The van der Waals surface area contributed by atoms with E-state index in [1.54, 1.807) is 0 Å². The first-order chi connectivity index (χ1) is 6.84. The lowest BCUT2D eigenvalue weighted by molar-refractivity contribution is -0.164. The Balaban J connectivity index is 1.76. The first-order valence-electron chi connectivity index (χ1n) is 6.14. The summed E-state index contributed by atoms with van der Waals surface area (Å²) in [5, 5.41) is 9.26. The van der Waals surface area contributed by atoms with Gasteiger partial charge in [-0.15, -0.1) is 0 Å². The van der Waals surface area contributed by atoms with E-state index in [-0.39, 0.29) is 12.2 Å². The summed E-state index contributed by atoms with van der Waals surface area (Å²) in [4.78, 5) is 0. The maximum absolute atomic E-state index is 9.26. The monoisotopic (exact) mass is 200 g/mol. The number of hydrogen-bond acceptors (Lipinski definition) is 2. The Labute approximate surface area is 87.7 Å². The Morgan fingerprint density at radius 3 is 2.21 bits per heavy atom. The van der Waals surface area contributed by atoms with E-state index in [0.717, 1.165) is 6.42 Å². The van der Waals surface area contributed by atoms with Gasteiger partial charge in [-0.25, -0.2) is 0 Å². The summed E-state index contributed by atoms with van der Waals surface area (Å²) in [6, 6.07) is 0. The second kappa shape index (κ2) is 7.24. The van der Waals surface area contributed by atoms with Crippen LogP contribution in [0.15, 0.2) is 0 Å². The van der Waals surface area contributed by atoms with Crippen molar-refractivity contribution in [3.63, 3.8) is 0 Å². The zero-order chi connectivity index (χ0) is 10.2. The molecule has 0 radical (unpaired) electrons. The van der Waals surface area contributed by atoms with Gasteiger partial charge in [-0.2, -0.15) is 0 Å². The van der Waals surface area contributed by atoms with Crippen LogP contribution in [0, 0.1) is 0 Å². The topological polar surface area (TPSA) is 29.5 Å². The quantitative estimate of drug-likeness (QED) is 0.610. The van der Waals surface area contributed by atoms with Crippen LogP contribution in [0.5, 0.6) is 0 Å². The lowest BCUT2D eigenvalue weighted by atomic mass is 10.0. The number of aliphatic hydroxyl groups excluding tert-OH is 1. The summed E-state index contributed by atoms with van der Waals surface area (Å²) >= 11 is 0. The molecule has 1 rings (SSSR count). The molecular weight excluding hydrogens is 176 g/mol. The highest BCUT2D eigenvalue weighted by molar-refractivity contribution is 4.77. The van der Waals surface area contributed by atoms with Gasteiger partial charge in [-0.1, -0.05) is 51.9 Å². The van der Waals surface area contributed by atoms with E-state index >= 15 is 0 Å². The molecule has 0 aromatic rings. The first kappa shape index (κ1) is 12.0. The van der Waals surface area contributed by atoms with E-state index < -0.39 is 0 Å². The van der Waals surface area contributed by atoms with Crippen LogP contribution in [0.25, 0.3) is 0 Å². The summed E-state index contributed by atoms with van der Waals surface area (Å²) in [7, 11) is 0. The molecule has 0 amide bonds. The van der Waals surface area contributed by atoms with Gasteiger partial charge in [-0.05, 0) is 6.42 Å². The predicted octanol–water partition coefficient (Wildman–Crippen LogP) is 2.89. The summed E-state index contributed by atoms with van der Waals surface area (Å²) in [5.41, 5.74) is 0. The molecule has 0 aromatic heterocycles. The van der Waals surface area contributed by atoms with Crippen molar-refractivity contribution in [2.24, 2.45) is 0 Å². The Kier molecular flexibility index (Phi) is 6.20. The smallest absolute Gasteiger partial charge is 0.103 e. The minimum Gasteiger partial charge on any atom is -0.388 e. The minimum absolute atomic E-state index is 0.158. The van der Waals surface area contributed by atoms with Gasteiger partial charge in [0.1, 0.15) is 6.10 Å². The molecule has 1 heterocycles. The molecule has 1 aliphatic rings. The third-order valence-electron chi connectivity index (χ3n) is 3.00. The number of rotatable bonds is 8. The highest BCUT2D eigenvalue weighted by Gasteiger charge is 2.28. The van der Waals surface area contributed by atoms with Crippen LogP contribution in [0.1, 0.15) is 58.3 Å². The van der Waals surface area contributed by atoms with E-state index in [1.807, 2.05) is 0 Å². The average molecular weight is 200 g/mol. The predicted molar refractivity (Wildman–Crippen MR) is 58.4 cm³/mol. The van der Waals surface area contributed by atoms with Crippen molar-refractivity contribution in [2.45, 2.75) is 70.5 Å². The van der Waals surface area contributed by atoms with Crippen molar-refractivity contribution in [3.8, 4) is 0 Å². The van der Waals surface area contributed by atoms with Gasteiger partial charge in [-0.3, -0.25) is 0 Å². The van der Waals surface area contributed by atoms with Crippen molar-refractivity contribution in [3.05, 3.63) is 0 Å². The number of aliphatic hydroxyl groups is 1. The molecule has 2 unspecified atom stereocenters. The van der Waals surface area contributed by atoms with E-state index in [1.165, 1.54) is 44.9 Å². The first-order valence-corrected chi connectivity index (χ1v) is 6.14. The zero-order valence-corrected chi connectivity index (χ0v) is 9.37. The van der Waals surface area contributed by atoms with Gasteiger partial charge in [0.15, 0.2) is 0 Å². The van der Waals surface area contributed by atoms with E-state index in [4.69, 9.17) is 4.74 Å². The van der Waals surface area contributed by atoms with Crippen LogP contribution in [0.3, 0.4) is 0 Å². The van der Waals surface area contributed by atoms with Crippen LogP contribution in [-0.2, 0) is 4.74 Å². The third-order valence-corrected chi connectivity index (χ3v) is 3.00. The van der Waals surface area contributed by atoms with Crippen LogP contribution in [0.2, 0.25) is 0 Å². The van der Waals surface area contributed by atoms with Crippen molar-refractivity contribution in [2.75, 3.05) is 6.61 Å². The molecule has 0 aliphatic carbocycles. The molecule has 1 aliphatic heterocycles. The maximum Gasteiger partial charge on any atom is 0.103 e. The van der Waals surface area contributed by atoms with Crippen LogP contribution < -0.4 is 0 Å². The summed E-state index contributed by atoms with van der Waals surface area (Å²) < 4.78 is 5.24. The molecule has 14 heavy (non-hydrogen) atoms. The molecule has 2 nitrogen and oxygen atoms in total. The molecule has 1 N–H and O–H groups in total. The largest absolute Gasteiger partial charge is 0.388 e. The van der Waals surface area contributed by atoms with Crippen LogP contribution >= 0.6 is 0 Å². The van der Waals surface area contributed by atoms with E-state index in [9.17, 15) is 5.11 Å². The highest BCUT2D eigenvalue weighted by Crippen LogP contribution is 2.19.